The molecule has 0 aromatic heterocycles. The van der Waals surface area contributed by atoms with Crippen molar-refractivity contribution in [2.45, 2.75) is 0 Å². The average Bonchev–Trinajstić information content (AvgIpc) is 2.57. The zero-order chi connectivity index (χ0) is 16.0. The lowest BCUT2D eigenvalue weighted by atomic mass is 9.94. The number of nitrogen functional groups attached to an aromatic ring is 1. The van der Waals surface area contributed by atoms with Crippen LogP contribution in [0.1, 0.15) is 20.7 Å². The maximum atomic E-state index is 12.8. The smallest absolute Gasteiger partial charge is 0.280 e. The number of hydrogen-bond acceptors (Lipinski definition) is 4. The second-order valence-corrected chi connectivity index (χ2v) is 5.40. The second-order valence-electron chi connectivity index (χ2n) is 5.40. The Morgan fingerprint density at radius 2 is 1.57 bits per heavy atom. The molecule has 0 saturated carbocycles. The Bertz CT molecular complexity index is 951. The first kappa shape index (κ1) is 13.3. The predicted octanol–water partition coefficient (Wildman–Crippen LogP) is 3.05. The highest BCUT2D eigenvalue weighted by atomic mass is 16.2. The number of carbonyl (C=O) groups is 2. The van der Waals surface area contributed by atoms with Gasteiger partial charge in [0.2, 0.25) is 0 Å². The van der Waals surface area contributed by atoms with Crippen LogP contribution in [-0.2, 0) is 0 Å². The minimum Gasteiger partial charge on any atom is -0.399 e. The first-order valence-electron chi connectivity index (χ1n) is 7.18. The van der Waals surface area contributed by atoms with Crippen molar-refractivity contribution in [2.75, 3.05) is 11.2 Å². The van der Waals surface area contributed by atoms with Crippen molar-refractivity contribution in [3.63, 3.8) is 0 Å². The van der Waals surface area contributed by atoms with Gasteiger partial charge in [-0.05, 0) is 35.7 Å². The number of hydrogen-bond donors (Lipinski definition) is 2. The molecule has 3 N–H and O–H groups in total. The third kappa shape index (κ3) is 2.02. The molecule has 4 rings (SSSR count). The molecule has 0 aliphatic carbocycles. The van der Waals surface area contributed by atoms with Crippen LogP contribution in [0.15, 0.2) is 60.7 Å². The molecule has 5 nitrogen and oxygen atoms in total. The van der Waals surface area contributed by atoms with Gasteiger partial charge < -0.3 is 5.73 Å². The number of rotatable bonds is 2. The summed E-state index contributed by atoms with van der Waals surface area (Å²) in [5.74, 6) is -0.781. The second kappa shape index (κ2) is 4.84. The normalized spacial score (nSPS) is 13.5. The van der Waals surface area contributed by atoms with Crippen LogP contribution < -0.4 is 11.2 Å². The van der Waals surface area contributed by atoms with E-state index in [1.807, 2.05) is 24.3 Å². The lowest BCUT2D eigenvalue weighted by molar-refractivity contribution is 0.0649. The first-order chi connectivity index (χ1) is 11.1. The van der Waals surface area contributed by atoms with Crippen LogP contribution in [0.4, 0.5) is 11.4 Å². The van der Waals surface area contributed by atoms with Crippen LogP contribution in [0, 0.1) is 0 Å². The van der Waals surface area contributed by atoms with Crippen LogP contribution in [0.25, 0.3) is 10.8 Å². The maximum absolute atomic E-state index is 12.8. The molecule has 23 heavy (non-hydrogen) atoms. The quantitative estimate of drug-likeness (QED) is 0.563. The van der Waals surface area contributed by atoms with Gasteiger partial charge in [-0.25, -0.2) is 0 Å². The lowest BCUT2D eigenvalue weighted by Crippen LogP contribution is -2.44. The van der Waals surface area contributed by atoms with Crippen LogP contribution in [-0.4, -0.2) is 16.8 Å². The molecule has 0 saturated heterocycles. The number of anilines is 2. The fraction of sp³-hybridized carbons (Fsp3) is 0. The van der Waals surface area contributed by atoms with Gasteiger partial charge >= 0.3 is 0 Å². The van der Waals surface area contributed by atoms with Gasteiger partial charge in [-0.3, -0.25) is 15.0 Å². The molecule has 0 atom stereocenters. The van der Waals surface area contributed by atoms with Crippen molar-refractivity contribution in [2.24, 2.45) is 0 Å². The highest BCUT2D eigenvalue weighted by Gasteiger charge is 2.33. The van der Waals surface area contributed by atoms with Crippen LogP contribution in [0.5, 0.6) is 0 Å². The van der Waals surface area contributed by atoms with E-state index >= 15 is 0 Å². The standard InChI is InChI=1S/C18H13N3O2/c19-12-9-11-5-4-8-14-16(11)15(10-12)18(23)21(17(14)22)20-13-6-2-1-3-7-13/h1-10,20H,19H2. The fourth-order valence-electron chi connectivity index (χ4n) is 2.87. The predicted molar refractivity (Wildman–Crippen MR) is 88.9 cm³/mol. The summed E-state index contributed by atoms with van der Waals surface area (Å²) in [6, 6.07) is 17.8. The Balaban J connectivity index is 1.88. The minimum absolute atomic E-state index is 0.373. The molecule has 0 fully saturated rings. The van der Waals surface area contributed by atoms with E-state index in [0.717, 1.165) is 10.4 Å². The number of nitrogens with two attached hydrogens (primary N) is 1. The Labute approximate surface area is 132 Å². The molecule has 1 aliphatic heterocycles. The summed E-state index contributed by atoms with van der Waals surface area (Å²) >= 11 is 0. The van der Waals surface area contributed by atoms with Gasteiger partial charge in [0, 0.05) is 11.1 Å². The van der Waals surface area contributed by atoms with Gasteiger partial charge in [0.1, 0.15) is 0 Å². The molecular weight excluding hydrogens is 290 g/mol. The van der Waals surface area contributed by atoms with Crippen molar-refractivity contribution < 1.29 is 9.59 Å². The number of carbonyl (C=O) groups excluding carboxylic acids is 2. The number of para-hydroxylation sites is 1. The fourth-order valence-corrected chi connectivity index (χ4v) is 2.87. The topological polar surface area (TPSA) is 75.4 Å². The van der Waals surface area contributed by atoms with Gasteiger partial charge in [-0.1, -0.05) is 30.3 Å². The van der Waals surface area contributed by atoms with Crippen molar-refractivity contribution in [3.05, 3.63) is 71.8 Å². The van der Waals surface area contributed by atoms with E-state index in [9.17, 15) is 9.59 Å². The Hall–Kier alpha value is -3.34. The molecule has 2 amide bonds. The van der Waals surface area contributed by atoms with Crippen molar-refractivity contribution >= 4 is 34.0 Å². The summed E-state index contributed by atoms with van der Waals surface area (Å²) in [7, 11) is 0. The first-order valence-corrected chi connectivity index (χ1v) is 7.18. The van der Waals surface area contributed by atoms with E-state index < -0.39 is 5.91 Å². The van der Waals surface area contributed by atoms with Crippen molar-refractivity contribution in [1.82, 2.24) is 5.01 Å². The number of nitrogens with zero attached hydrogens (tertiary/aromatic N) is 1. The SMILES string of the molecule is Nc1cc2c3c(cccc3c1)C(=O)N(Nc1ccccc1)C2=O. The van der Waals surface area contributed by atoms with E-state index in [4.69, 9.17) is 5.73 Å². The summed E-state index contributed by atoms with van der Waals surface area (Å²) in [5.41, 5.74) is 10.8. The molecule has 3 aromatic carbocycles. The molecule has 3 aromatic rings. The van der Waals surface area contributed by atoms with Gasteiger partial charge in [-0.2, -0.15) is 5.01 Å². The summed E-state index contributed by atoms with van der Waals surface area (Å²) in [4.78, 5) is 25.5. The van der Waals surface area contributed by atoms with Crippen LogP contribution in [0.2, 0.25) is 0 Å². The van der Waals surface area contributed by atoms with Gasteiger partial charge in [0.15, 0.2) is 0 Å². The molecule has 0 radical (unpaired) electrons. The minimum atomic E-state index is -0.408. The largest absolute Gasteiger partial charge is 0.399 e. The molecular formula is C18H13N3O2. The Kier molecular flexibility index (Phi) is 2.81. The number of benzene rings is 3. The number of nitrogens with one attached hydrogen (secondary N) is 1. The summed E-state index contributed by atoms with van der Waals surface area (Å²) in [6.07, 6.45) is 0. The lowest BCUT2D eigenvalue weighted by Gasteiger charge is -2.28. The van der Waals surface area contributed by atoms with Crippen LogP contribution >= 0.6 is 0 Å². The van der Waals surface area contributed by atoms with E-state index in [1.165, 1.54) is 0 Å². The monoisotopic (exact) mass is 303 g/mol. The molecule has 0 unspecified atom stereocenters. The number of imide groups is 1. The van der Waals surface area contributed by atoms with Gasteiger partial charge in [0.25, 0.3) is 11.8 Å². The summed E-state index contributed by atoms with van der Waals surface area (Å²) in [5, 5.41) is 2.48. The summed E-state index contributed by atoms with van der Waals surface area (Å²) < 4.78 is 0. The molecule has 0 bridgehead atoms. The third-order valence-corrected chi connectivity index (χ3v) is 3.88. The van der Waals surface area contributed by atoms with Crippen molar-refractivity contribution in [3.8, 4) is 0 Å². The molecule has 5 heteroatoms. The van der Waals surface area contributed by atoms with E-state index in [0.29, 0.717) is 27.9 Å². The molecule has 1 heterocycles. The van der Waals surface area contributed by atoms with Gasteiger partial charge in [-0.15, -0.1) is 0 Å². The number of amides is 2. The average molecular weight is 303 g/mol. The van der Waals surface area contributed by atoms with Crippen LogP contribution in [0.3, 0.4) is 0 Å². The zero-order valence-electron chi connectivity index (χ0n) is 12.1. The Morgan fingerprint density at radius 1 is 0.826 bits per heavy atom. The van der Waals surface area contributed by atoms with E-state index in [1.54, 1.807) is 36.4 Å². The zero-order valence-corrected chi connectivity index (χ0v) is 12.1. The maximum Gasteiger partial charge on any atom is 0.280 e. The molecule has 1 aliphatic rings. The summed E-state index contributed by atoms with van der Waals surface area (Å²) in [6.45, 7) is 0. The van der Waals surface area contributed by atoms with E-state index in [-0.39, 0.29) is 5.91 Å². The van der Waals surface area contributed by atoms with Crippen molar-refractivity contribution in [1.29, 1.82) is 0 Å². The Morgan fingerprint density at radius 3 is 2.35 bits per heavy atom. The molecule has 112 valence electrons. The number of hydrazine groups is 1. The molecule has 0 spiro atoms. The van der Waals surface area contributed by atoms with E-state index in [2.05, 4.69) is 5.43 Å². The highest BCUT2D eigenvalue weighted by Crippen LogP contribution is 2.32. The third-order valence-electron chi connectivity index (χ3n) is 3.88. The van der Waals surface area contributed by atoms with Gasteiger partial charge in [0.05, 0.1) is 16.8 Å². The highest BCUT2D eigenvalue weighted by molar-refractivity contribution is 6.26.